The summed E-state index contributed by atoms with van der Waals surface area (Å²) in [7, 11) is 0. The minimum atomic E-state index is -0.170. The standard InChI is InChI=1S/C12H7Cl2NOS/c13-8-6-10(11(14)15-7-8)12(16)17-9-4-2-1-3-5-9/h1-7H. The maximum Gasteiger partial charge on any atom is 0.227 e. The second kappa shape index (κ2) is 5.54. The van der Waals surface area contributed by atoms with Crippen LogP contribution < -0.4 is 0 Å². The van der Waals surface area contributed by atoms with Crippen LogP contribution in [0.1, 0.15) is 10.4 Å². The van der Waals surface area contributed by atoms with E-state index in [0.29, 0.717) is 10.6 Å². The van der Waals surface area contributed by atoms with Gasteiger partial charge in [0.1, 0.15) is 5.15 Å². The Bertz CT molecular complexity index is 545. The zero-order valence-corrected chi connectivity index (χ0v) is 10.9. The Balaban J connectivity index is 2.23. The maximum absolute atomic E-state index is 12.0. The lowest BCUT2D eigenvalue weighted by atomic mass is 10.3. The van der Waals surface area contributed by atoms with E-state index in [1.54, 1.807) is 0 Å². The van der Waals surface area contributed by atoms with Gasteiger partial charge in [-0.3, -0.25) is 4.79 Å². The van der Waals surface area contributed by atoms with Crippen molar-refractivity contribution in [1.82, 2.24) is 4.98 Å². The Morgan fingerprint density at radius 3 is 2.59 bits per heavy atom. The number of aromatic nitrogens is 1. The molecule has 0 saturated carbocycles. The van der Waals surface area contributed by atoms with Crippen molar-refractivity contribution in [2.45, 2.75) is 4.90 Å². The fourth-order valence-electron chi connectivity index (χ4n) is 1.22. The molecular weight excluding hydrogens is 277 g/mol. The van der Waals surface area contributed by atoms with Crippen LogP contribution in [0.2, 0.25) is 10.2 Å². The van der Waals surface area contributed by atoms with E-state index in [1.165, 1.54) is 12.3 Å². The predicted octanol–water partition coefficient (Wildman–Crippen LogP) is 4.32. The third-order valence-electron chi connectivity index (χ3n) is 1.98. The summed E-state index contributed by atoms with van der Waals surface area (Å²) in [5.74, 6) is 0. The van der Waals surface area contributed by atoms with Crippen LogP contribution >= 0.6 is 35.0 Å². The average Bonchev–Trinajstić information content (AvgIpc) is 2.33. The molecule has 17 heavy (non-hydrogen) atoms. The number of carbonyl (C=O) groups is 1. The van der Waals surface area contributed by atoms with E-state index in [9.17, 15) is 4.79 Å². The largest absolute Gasteiger partial charge is 0.281 e. The van der Waals surface area contributed by atoms with E-state index < -0.39 is 0 Å². The Labute approximate surface area is 113 Å². The average molecular weight is 284 g/mol. The zero-order valence-electron chi connectivity index (χ0n) is 8.56. The van der Waals surface area contributed by atoms with E-state index in [-0.39, 0.29) is 10.3 Å². The first kappa shape index (κ1) is 12.4. The Morgan fingerprint density at radius 1 is 1.18 bits per heavy atom. The highest BCUT2D eigenvalue weighted by Gasteiger charge is 2.13. The van der Waals surface area contributed by atoms with Crippen LogP contribution in [0.5, 0.6) is 0 Å². The Morgan fingerprint density at radius 2 is 1.88 bits per heavy atom. The second-order valence-corrected chi connectivity index (χ2v) is 5.04. The molecule has 0 amide bonds. The second-order valence-electron chi connectivity index (χ2n) is 3.19. The van der Waals surface area contributed by atoms with Crippen LogP contribution in [0, 0.1) is 0 Å². The highest BCUT2D eigenvalue weighted by Crippen LogP contribution is 2.27. The van der Waals surface area contributed by atoms with Crippen LogP contribution in [-0.2, 0) is 0 Å². The molecule has 2 aromatic rings. The predicted molar refractivity (Wildman–Crippen MR) is 70.9 cm³/mol. The molecule has 0 fully saturated rings. The topological polar surface area (TPSA) is 30.0 Å². The smallest absolute Gasteiger partial charge is 0.227 e. The number of nitrogens with zero attached hydrogens (tertiary/aromatic N) is 1. The fourth-order valence-corrected chi connectivity index (χ4v) is 2.39. The summed E-state index contributed by atoms with van der Waals surface area (Å²) in [6.45, 7) is 0. The molecule has 0 bridgehead atoms. The van der Waals surface area contributed by atoms with Gasteiger partial charge >= 0.3 is 0 Å². The number of pyridine rings is 1. The van der Waals surface area contributed by atoms with E-state index in [2.05, 4.69) is 4.98 Å². The molecule has 0 aliphatic rings. The zero-order chi connectivity index (χ0) is 12.3. The van der Waals surface area contributed by atoms with Crippen molar-refractivity contribution in [1.29, 1.82) is 0 Å². The minimum absolute atomic E-state index is 0.169. The third kappa shape index (κ3) is 3.22. The Kier molecular flexibility index (Phi) is 4.05. The molecule has 0 radical (unpaired) electrons. The van der Waals surface area contributed by atoms with Crippen molar-refractivity contribution in [2.24, 2.45) is 0 Å². The number of thioether (sulfide) groups is 1. The normalized spacial score (nSPS) is 10.2. The van der Waals surface area contributed by atoms with E-state index in [4.69, 9.17) is 23.2 Å². The van der Waals surface area contributed by atoms with Gasteiger partial charge in [-0.05, 0) is 30.0 Å². The molecule has 0 spiro atoms. The van der Waals surface area contributed by atoms with Gasteiger partial charge in [0.05, 0.1) is 10.6 Å². The molecule has 2 rings (SSSR count). The maximum atomic E-state index is 12.0. The van der Waals surface area contributed by atoms with Gasteiger partial charge in [-0.25, -0.2) is 4.98 Å². The van der Waals surface area contributed by atoms with Gasteiger partial charge in [0.25, 0.3) is 0 Å². The number of carbonyl (C=O) groups excluding carboxylic acids is 1. The molecule has 0 N–H and O–H groups in total. The fraction of sp³-hybridized carbons (Fsp3) is 0. The van der Waals surface area contributed by atoms with Gasteiger partial charge in [0.2, 0.25) is 5.12 Å². The first-order chi connectivity index (χ1) is 8.16. The molecule has 86 valence electrons. The van der Waals surface area contributed by atoms with Crippen molar-refractivity contribution < 1.29 is 4.79 Å². The quantitative estimate of drug-likeness (QED) is 0.607. The van der Waals surface area contributed by atoms with Gasteiger partial charge in [-0.2, -0.15) is 0 Å². The molecule has 1 aromatic heterocycles. The number of halogens is 2. The van der Waals surface area contributed by atoms with Gasteiger partial charge in [0, 0.05) is 11.1 Å². The molecule has 0 atom stereocenters. The SMILES string of the molecule is O=C(Sc1ccccc1)c1cc(Cl)cnc1Cl. The number of hydrogen-bond acceptors (Lipinski definition) is 3. The van der Waals surface area contributed by atoms with Crippen LogP contribution in [0.4, 0.5) is 0 Å². The first-order valence-corrected chi connectivity index (χ1v) is 6.32. The van der Waals surface area contributed by atoms with Crippen molar-refractivity contribution in [3.05, 3.63) is 58.3 Å². The molecule has 2 nitrogen and oxygen atoms in total. The summed E-state index contributed by atoms with van der Waals surface area (Å²) in [5.41, 5.74) is 0.327. The summed E-state index contributed by atoms with van der Waals surface area (Å²) < 4.78 is 0. The molecule has 1 aromatic carbocycles. The number of hydrogen-bond donors (Lipinski definition) is 0. The molecule has 0 aliphatic carbocycles. The van der Waals surface area contributed by atoms with Crippen molar-refractivity contribution in [2.75, 3.05) is 0 Å². The number of benzene rings is 1. The summed E-state index contributed by atoms with van der Waals surface area (Å²) >= 11 is 12.7. The highest BCUT2D eigenvalue weighted by atomic mass is 35.5. The summed E-state index contributed by atoms with van der Waals surface area (Å²) in [4.78, 5) is 16.7. The lowest BCUT2D eigenvalue weighted by molar-refractivity contribution is 0.108. The molecule has 0 saturated heterocycles. The first-order valence-electron chi connectivity index (χ1n) is 4.75. The third-order valence-corrected chi connectivity index (χ3v) is 3.40. The summed E-state index contributed by atoms with van der Waals surface area (Å²) in [6, 6.07) is 10.9. The highest BCUT2D eigenvalue weighted by molar-refractivity contribution is 8.14. The van der Waals surface area contributed by atoms with Gasteiger partial charge < -0.3 is 0 Å². The molecule has 1 heterocycles. The summed E-state index contributed by atoms with van der Waals surface area (Å²) in [5, 5.41) is 0.394. The lowest BCUT2D eigenvalue weighted by Crippen LogP contribution is -1.96. The molecular formula is C12H7Cl2NOS. The summed E-state index contributed by atoms with van der Waals surface area (Å²) in [6.07, 6.45) is 1.41. The van der Waals surface area contributed by atoms with Gasteiger partial charge in [-0.1, -0.05) is 41.4 Å². The van der Waals surface area contributed by atoms with Crippen molar-refractivity contribution in [3.8, 4) is 0 Å². The van der Waals surface area contributed by atoms with Crippen molar-refractivity contribution in [3.63, 3.8) is 0 Å². The van der Waals surface area contributed by atoms with Gasteiger partial charge in [-0.15, -0.1) is 0 Å². The van der Waals surface area contributed by atoms with Crippen molar-refractivity contribution >= 4 is 40.1 Å². The lowest BCUT2D eigenvalue weighted by Gasteiger charge is -2.02. The Hall–Kier alpha value is -1.03. The molecule has 0 aliphatic heterocycles. The van der Waals surface area contributed by atoms with Gasteiger partial charge in [0.15, 0.2) is 0 Å². The monoisotopic (exact) mass is 283 g/mol. The van der Waals surface area contributed by atoms with E-state index in [1.807, 2.05) is 30.3 Å². The van der Waals surface area contributed by atoms with Crippen LogP contribution in [-0.4, -0.2) is 10.1 Å². The molecule has 0 unspecified atom stereocenters. The van der Waals surface area contributed by atoms with E-state index >= 15 is 0 Å². The van der Waals surface area contributed by atoms with E-state index in [0.717, 1.165) is 16.7 Å². The van der Waals surface area contributed by atoms with Crippen LogP contribution in [0.3, 0.4) is 0 Å². The minimum Gasteiger partial charge on any atom is -0.281 e. The van der Waals surface area contributed by atoms with Crippen LogP contribution in [0.25, 0.3) is 0 Å². The number of rotatable bonds is 2. The van der Waals surface area contributed by atoms with Crippen LogP contribution in [0.15, 0.2) is 47.5 Å². The molecule has 5 heteroatoms.